The fourth-order valence-electron chi connectivity index (χ4n) is 2.57. The molecule has 5 heteroatoms. The summed E-state index contributed by atoms with van der Waals surface area (Å²) in [7, 11) is 7.22. The predicted molar refractivity (Wildman–Crippen MR) is 83.0 cm³/mol. The lowest BCUT2D eigenvalue weighted by Crippen LogP contribution is -2.18. The van der Waals surface area contributed by atoms with Crippen molar-refractivity contribution in [3.05, 3.63) is 41.2 Å². The summed E-state index contributed by atoms with van der Waals surface area (Å²) in [5.41, 5.74) is 3.37. The van der Waals surface area contributed by atoms with E-state index < -0.39 is 0 Å². The highest BCUT2D eigenvalue weighted by molar-refractivity contribution is 5.43. The summed E-state index contributed by atoms with van der Waals surface area (Å²) in [5, 5.41) is 7.88. The van der Waals surface area contributed by atoms with Crippen LogP contribution < -0.4 is 14.8 Å². The van der Waals surface area contributed by atoms with Crippen molar-refractivity contribution in [3.8, 4) is 11.5 Å². The quantitative estimate of drug-likeness (QED) is 0.886. The maximum Gasteiger partial charge on any atom is 0.122 e. The Bertz CT molecular complexity index is 585. The molecule has 0 saturated carbocycles. The summed E-state index contributed by atoms with van der Waals surface area (Å²) >= 11 is 0. The van der Waals surface area contributed by atoms with E-state index in [4.69, 9.17) is 9.47 Å². The van der Waals surface area contributed by atoms with Gasteiger partial charge < -0.3 is 14.8 Å². The van der Waals surface area contributed by atoms with Crippen LogP contribution in [0.25, 0.3) is 0 Å². The van der Waals surface area contributed by atoms with Crippen LogP contribution in [0, 0.1) is 0 Å². The Hall–Kier alpha value is -2.01. The molecule has 0 aliphatic heterocycles. The van der Waals surface area contributed by atoms with Crippen LogP contribution in [0.1, 0.15) is 29.8 Å². The standard InChI is InChI=1S/C16H23N3O2/c1-6-15-14(10-19(3)18-15)16(17-2)11-7-12(20-4)9-13(8-11)21-5/h7-10,16-17H,6H2,1-5H3. The Labute approximate surface area is 125 Å². The van der Waals surface area contributed by atoms with Gasteiger partial charge in [-0.2, -0.15) is 5.10 Å². The molecule has 0 spiro atoms. The molecule has 0 aliphatic carbocycles. The first kappa shape index (κ1) is 15.4. The molecule has 1 aromatic carbocycles. The average molecular weight is 289 g/mol. The van der Waals surface area contributed by atoms with Gasteiger partial charge in [0.1, 0.15) is 11.5 Å². The van der Waals surface area contributed by atoms with Crippen molar-refractivity contribution in [3.63, 3.8) is 0 Å². The van der Waals surface area contributed by atoms with E-state index in [1.165, 1.54) is 5.56 Å². The lowest BCUT2D eigenvalue weighted by Gasteiger charge is -2.18. The lowest BCUT2D eigenvalue weighted by molar-refractivity contribution is 0.392. The molecule has 1 heterocycles. The molecule has 0 saturated heterocycles. The molecule has 21 heavy (non-hydrogen) atoms. The average Bonchev–Trinajstić information content (AvgIpc) is 2.88. The number of hydrogen-bond donors (Lipinski definition) is 1. The van der Waals surface area contributed by atoms with Gasteiger partial charge in [0, 0.05) is 24.9 Å². The maximum absolute atomic E-state index is 5.36. The highest BCUT2D eigenvalue weighted by Crippen LogP contribution is 2.31. The maximum atomic E-state index is 5.36. The van der Waals surface area contributed by atoms with Crippen molar-refractivity contribution in [2.45, 2.75) is 19.4 Å². The molecule has 1 unspecified atom stereocenters. The number of nitrogens with one attached hydrogen (secondary N) is 1. The third-order valence-corrected chi connectivity index (χ3v) is 3.58. The second-order valence-electron chi connectivity index (χ2n) is 4.93. The fraction of sp³-hybridized carbons (Fsp3) is 0.438. The van der Waals surface area contributed by atoms with Crippen molar-refractivity contribution in [1.29, 1.82) is 0 Å². The number of rotatable bonds is 6. The van der Waals surface area contributed by atoms with Crippen LogP contribution in [-0.4, -0.2) is 31.0 Å². The number of aryl methyl sites for hydroxylation is 2. The molecule has 5 nitrogen and oxygen atoms in total. The minimum absolute atomic E-state index is 0.0534. The predicted octanol–water partition coefficient (Wildman–Crippen LogP) is 2.31. The van der Waals surface area contributed by atoms with E-state index in [1.54, 1.807) is 14.2 Å². The molecule has 1 aromatic heterocycles. The molecule has 114 valence electrons. The zero-order valence-electron chi connectivity index (χ0n) is 13.3. The van der Waals surface area contributed by atoms with E-state index in [1.807, 2.05) is 37.0 Å². The van der Waals surface area contributed by atoms with Gasteiger partial charge in [0.2, 0.25) is 0 Å². The van der Waals surface area contributed by atoms with Crippen LogP contribution in [-0.2, 0) is 13.5 Å². The minimum Gasteiger partial charge on any atom is -0.497 e. The van der Waals surface area contributed by atoms with E-state index >= 15 is 0 Å². The van der Waals surface area contributed by atoms with Gasteiger partial charge >= 0.3 is 0 Å². The van der Waals surface area contributed by atoms with Crippen LogP contribution in [0.15, 0.2) is 24.4 Å². The smallest absolute Gasteiger partial charge is 0.122 e. The highest BCUT2D eigenvalue weighted by atomic mass is 16.5. The van der Waals surface area contributed by atoms with Crippen LogP contribution in [0.4, 0.5) is 0 Å². The summed E-state index contributed by atoms with van der Waals surface area (Å²) in [4.78, 5) is 0. The Morgan fingerprint density at radius 3 is 2.29 bits per heavy atom. The molecule has 0 aliphatic rings. The topological polar surface area (TPSA) is 48.3 Å². The summed E-state index contributed by atoms with van der Waals surface area (Å²) < 4.78 is 12.6. The first-order chi connectivity index (χ1) is 10.1. The van der Waals surface area contributed by atoms with E-state index in [0.717, 1.165) is 29.2 Å². The number of nitrogens with zero attached hydrogens (tertiary/aromatic N) is 2. The number of ether oxygens (including phenoxy) is 2. The zero-order chi connectivity index (χ0) is 15.4. The summed E-state index contributed by atoms with van der Waals surface area (Å²) in [5.74, 6) is 1.57. The second-order valence-corrected chi connectivity index (χ2v) is 4.93. The molecule has 2 rings (SSSR count). The summed E-state index contributed by atoms with van der Waals surface area (Å²) in [6, 6.07) is 5.98. The minimum atomic E-state index is 0.0534. The van der Waals surface area contributed by atoms with Gasteiger partial charge in [-0.15, -0.1) is 0 Å². The molecule has 2 aromatic rings. The third-order valence-electron chi connectivity index (χ3n) is 3.58. The monoisotopic (exact) mass is 289 g/mol. The van der Waals surface area contributed by atoms with Crippen molar-refractivity contribution in [1.82, 2.24) is 15.1 Å². The molecule has 0 radical (unpaired) electrons. The van der Waals surface area contributed by atoms with Gasteiger partial charge in [-0.25, -0.2) is 0 Å². The molecule has 0 fully saturated rings. The van der Waals surface area contributed by atoms with Crippen LogP contribution in [0.5, 0.6) is 11.5 Å². The van der Waals surface area contributed by atoms with Crippen molar-refractivity contribution in [2.75, 3.05) is 21.3 Å². The zero-order valence-corrected chi connectivity index (χ0v) is 13.3. The third kappa shape index (κ3) is 3.19. The van der Waals surface area contributed by atoms with Gasteiger partial charge in [-0.1, -0.05) is 6.92 Å². The normalized spacial score (nSPS) is 12.2. The molecule has 0 amide bonds. The van der Waals surface area contributed by atoms with Crippen LogP contribution in [0.3, 0.4) is 0 Å². The van der Waals surface area contributed by atoms with Gasteiger partial charge in [-0.3, -0.25) is 4.68 Å². The Morgan fingerprint density at radius 1 is 1.19 bits per heavy atom. The summed E-state index contributed by atoms with van der Waals surface area (Å²) in [6.45, 7) is 2.12. The van der Waals surface area contributed by atoms with E-state index in [0.29, 0.717) is 0 Å². The van der Waals surface area contributed by atoms with Crippen LogP contribution in [0.2, 0.25) is 0 Å². The number of hydrogen-bond acceptors (Lipinski definition) is 4. The second kappa shape index (κ2) is 6.63. The van der Waals surface area contributed by atoms with Gasteiger partial charge in [0.15, 0.2) is 0 Å². The van der Waals surface area contributed by atoms with E-state index in [2.05, 4.69) is 23.5 Å². The van der Waals surface area contributed by atoms with E-state index in [9.17, 15) is 0 Å². The van der Waals surface area contributed by atoms with Crippen molar-refractivity contribution in [2.24, 2.45) is 7.05 Å². The Balaban J connectivity index is 2.50. The molecular formula is C16H23N3O2. The SMILES string of the molecule is CCc1nn(C)cc1C(NC)c1cc(OC)cc(OC)c1. The van der Waals surface area contributed by atoms with Crippen molar-refractivity contribution >= 4 is 0 Å². The Morgan fingerprint density at radius 2 is 1.81 bits per heavy atom. The van der Waals surface area contributed by atoms with E-state index in [-0.39, 0.29) is 6.04 Å². The molecule has 1 N–H and O–H groups in total. The van der Waals surface area contributed by atoms with Gasteiger partial charge in [0.25, 0.3) is 0 Å². The van der Waals surface area contributed by atoms with Gasteiger partial charge in [0.05, 0.1) is 26.0 Å². The first-order valence-electron chi connectivity index (χ1n) is 7.05. The molecule has 1 atom stereocenters. The largest absolute Gasteiger partial charge is 0.497 e. The number of benzene rings is 1. The number of aromatic nitrogens is 2. The molecule has 0 bridgehead atoms. The number of methoxy groups -OCH3 is 2. The fourth-order valence-corrected chi connectivity index (χ4v) is 2.57. The van der Waals surface area contributed by atoms with Gasteiger partial charge in [-0.05, 0) is 31.2 Å². The van der Waals surface area contributed by atoms with Crippen LogP contribution >= 0.6 is 0 Å². The molecular weight excluding hydrogens is 266 g/mol. The summed E-state index contributed by atoms with van der Waals surface area (Å²) in [6.07, 6.45) is 2.96. The lowest BCUT2D eigenvalue weighted by atomic mass is 9.98. The highest BCUT2D eigenvalue weighted by Gasteiger charge is 2.19. The van der Waals surface area contributed by atoms with Crippen molar-refractivity contribution < 1.29 is 9.47 Å². The Kier molecular flexibility index (Phi) is 4.85. The first-order valence-corrected chi connectivity index (χ1v) is 7.05.